The van der Waals surface area contributed by atoms with E-state index in [-0.39, 0.29) is 12.1 Å². The number of rotatable bonds is 2. The van der Waals surface area contributed by atoms with Crippen LogP contribution in [0.25, 0.3) is 11.3 Å². The molecule has 3 rings (SSSR count). The summed E-state index contributed by atoms with van der Waals surface area (Å²) >= 11 is 0. The molecule has 104 valence electrons. The highest BCUT2D eigenvalue weighted by Crippen LogP contribution is 2.33. The third-order valence-corrected chi connectivity index (χ3v) is 3.42. The first-order chi connectivity index (χ1) is 9.69. The predicted octanol–water partition coefficient (Wildman–Crippen LogP) is 1.58. The standard InChI is InChI=1S/C15H16N2O3/c1-9-6-12(17-15(18)11(9)8-16)10-2-3-13-14(7-10)20-5-4-19-13/h2-3,6-7H,4-5,8,16H2,1H3,(H,17,18). The molecule has 1 aliphatic heterocycles. The molecule has 0 spiro atoms. The summed E-state index contributed by atoms with van der Waals surface area (Å²) in [5.41, 5.74) is 8.58. The molecule has 0 atom stereocenters. The molecule has 5 nitrogen and oxygen atoms in total. The predicted molar refractivity (Wildman–Crippen MR) is 76.1 cm³/mol. The first kappa shape index (κ1) is 12.7. The van der Waals surface area contributed by atoms with Gasteiger partial charge in [0, 0.05) is 23.4 Å². The Labute approximate surface area is 116 Å². The minimum absolute atomic E-state index is 0.141. The zero-order chi connectivity index (χ0) is 14.1. The van der Waals surface area contributed by atoms with Gasteiger partial charge in [-0.2, -0.15) is 0 Å². The number of nitrogens with one attached hydrogen (secondary N) is 1. The van der Waals surface area contributed by atoms with E-state index in [4.69, 9.17) is 15.2 Å². The van der Waals surface area contributed by atoms with E-state index in [1.807, 2.05) is 31.2 Å². The molecule has 0 saturated carbocycles. The van der Waals surface area contributed by atoms with Crippen molar-refractivity contribution in [2.75, 3.05) is 13.2 Å². The van der Waals surface area contributed by atoms with Crippen molar-refractivity contribution in [3.8, 4) is 22.8 Å². The second-order valence-corrected chi connectivity index (χ2v) is 4.74. The van der Waals surface area contributed by atoms with Crippen LogP contribution in [0.2, 0.25) is 0 Å². The Balaban J connectivity index is 2.07. The summed E-state index contributed by atoms with van der Waals surface area (Å²) in [5, 5.41) is 0. The second kappa shape index (κ2) is 5.02. The Morgan fingerprint density at radius 2 is 1.95 bits per heavy atom. The van der Waals surface area contributed by atoms with Crippen molar-refractivity contribution >= 4 is 0 Å². The number of aromatic amines is 1. The lowest BCUT2D eigenvalue weighted by Crippen LogP contribution is -2.18. The highest BCUT2D eigenvalue weighted by atomic mass is 16.6. The third kappa shape index (κ3) is 2.16. The smallest absolute Gasteiger partial charge is 0.253 e. The molecule has 0 saturated heterocycles. The lowest BCUT2D eigenvalue weighted by Gasteiger charge is -2.19. The molecule has 0 unspecified atom stereocenters. The van der Waals surface area contributed by atoms with Gasteiger partial charge in [-0.15, -0.1) is 0 Å². The maximum absolute atomic E-state index is 12.0. The Kier molecular flexibility index (Phi) is 3.20. The number of benzene rings is 1. The zero-order valence-corrected chi connectivity index (χ0v) is 11.2. The van der Waals surface area contributed by atoms with Crippen molar-refractivity contribution < 1.29 is 9.47 Å². The fourth-order valence-electron chi connectivity index (χ4n) is 2.34. The molecule has 0 aliphatic carbocycles. The molecule has 0 amide bonds. The van der Waals surface area contributed by atoms with E-state index < -0.39 is 0 Å². The van der Waals surface area contributed by atoms with Crippen molar-refractivity contribution in [2.24, 2.45) is 5.73 Å². The number of hydrogen-bond acceptors (Lipinski definition) is 4. The molecule has 2 heterocycles. The first-order valence-electron chi connectivity index (χ1n) is 6.52. The fraction of sp³-hybridized carbons (Fsp3) is 0.267. The Morgan fingerprint density at radius 1 is 1.20 bits per heavy atom. The van der Waals surface area contributed by atoms with Gasteiger partial charge in [-0.3, -0.25) is 4.79 Å². The van der Waals surface area contributed by atoms with Gasteiger partial charge in [0.2, 0.25) is 0 Å². The number of nitrogens with two attached hydrogens (primary N) is 1. The fourth-order valence-corrected chi connectivity index (χ4v) is 2.34. The molecule has 0 bridgehead atoms. The largest absolute Gasteiger partial charge is 0.486 e. The highest BCUT2D eigenvalue weighted by Gasteiger charge is 2.13. The topological polar surface area (TPSA) is 77.3 Å². The van der Waals surface area contributed by atoms with Gasteiger partial charge in [-0.1, -0.05) is 0 Å². The van der Waals surface area contributed by atoms with Crippen LogP contribution in [-0.4, -0.2) is 18.2 Å². The van der Waals surface area contributed by atoms with E-state index >= 15 is 0 Å². The van der Waals surface area contributed by atoms with Crippen LogP contribution >= 0.6 is 0 Å². The van der Waals surface area contributed by atoms with E-state index in [9.17, 15) is 4.79 Å². The number of fused-ring (bicyclic) bond motifs is 1. The van der Waals surface area contributed by atoms with Crippen molar-refractivity contribution in [3.63, 3.8) is 0 Å². The van der Waals surface area contributed by atoms with Gasteiger partial charge in [-0.05, 0) is 36.8 Å². The van der Waals surface area contributed by atoms with E-state index in [2.05, 4.69) is 4.98 Å². The van der Waals surface area contributed by atoms with Crippen molar-refractivity contribution in [1.82, 2.24) is 4.98 Å². The SMILES string of the molecule is Cc1cc(-c2ccc3c(c2)OCCO3)[nH]c(=O)c1CN. The Hall–Kier alpha value is -2.27. The van der Waals surface area contributed by atoms with Crippen molar-refractivity contribution in [2.45, 2.75) is 13.5 Å². The van der Waals surface area contributed by atoms with Crippen LogP contribution in [0.5, 0.6) is 11.5 Å². The molecule has 20 heavy (non-hydrogen) atoms. The molecule has 1 aromatic carbocycles. The molecular weight excluding hydrogens is 256 g/mol. The number of ether oxygens (including phenoxy) is 2. The van der Waals surface area contributed by atoms with Gasteiger partial charge in [-0.25, -0.2) is 0 Å². The van der Waals surface area contributed by atoms with Gasteiger partial charge in [0.25, 0.3) is 5.56 Å². The van der Waals surface area contributed by atoms with Crippen LogP contribution in [0.1, 0.15) is 11.1 Å². The molecule has 2 aromatic rings. The summed E-state index contributed by atoms with van der Waals surface area (Å²) in [4.78, 5) is 14.8. The summed E-state index contributed by atoms with van der Waals surface area (Å²) in [6.45, 7) is 3.23. The van der Waals surface area contributed by atoms with Gasteiger partial charge >= 0.3 is 0 Å². The van der Waals surface area contributed by atoms with Gasteiger partial charge in [0.15, 0.2) is 11.5 Å². The van der Waals surface area contributed by atoms with Crippen LogP contribution in [0, 0.1) is 6.92 Å². The lowest BCUT2D eigenvalue weighted by molar-refractivity contribution is 0.171. The summed E-state index contributed by atoms with van der Waals surface area (Å²) in [6, 6.07) is 7.56. The molecular formula is C15H16N2O3. The number of hydrogen-bond donors (Lipinski definition) is 2. The van der Waals surface area contributed by atoms with Crippen molar-refractivity contribution in [3.05, 3.63) is 45.7 Å². The Morgan fingerprint density at radius 3 is 2.65 bits per heavy atom. The quantitative estimate of drug-likeness (QED) is 0.870. The van der Waals surface area contributed by atoms with E-state index in [1.54, 1.807) is 0 Å². The van der Waals surface area contributed by atoms with E-state index in [1.165, 1.54) is 0 Å². The van der Waals surface area contributed by atoms with Crippen LogP contribution in [0.4, 0.5) is 0 Å². The molecule has 3 N–H and O–H groups in total. The normalized spacial score (nSPS) is 13.3. The van der Waals surface area contributed by atoms with Crippen LogP contribution in [0.3, 0.4) is 0 Å². The minimum Gasteiger partial charge on any atom is -0.486 e. The third-order valence-electron chi connectivity index (χ3n) is 3.42. The van der Waals surface area contributed by atoms with E-state index in [0.717, 1.165) is 22.6 Å². The van der Waals surface area contributed by atoms with Crippen LogP contribution in [0.15, 0.2) is 29.1 Å². The Bertz CT molecular complexity index is 707. The molecule has 5 heteroatoms. The summed E-state index contributed by atoms with van der Waals surface area (Å²) < 4.78 is 11.0. The van der Waals surface area contributed by atoms with Gasteiger partial charge < -0.3 is 20.2 Å². The molecule has 0 radical (unpaired) electrons. The lowest BCUT2D eigenvalue weighted by atomic mass is 10.1. The van der Waals surface area contributed by atoms with Gasteiger partial charge in [0.05, 0.1) is 0 Å². The number of H-pyrrole nitrogens is 1. The molecule has 0 fully saturated rings. The molecule has 1 aliphatic rings. The number of aryl methyl sites for hydroxylation is 1. The maximum Gasteiger partial charge on any atom is 0.253 e. The highest BCUT2D eigenvalue weighted by molar-refractivity contribution is 5.65. The average Bonchev–Trinajstić information content (AvgIpc) is 2.46. The zero-order valence-electron chi connectivity index (χ0n) is 11.2. The van der Waals surface area contributed by atoms with Crippen molar-refractivity contribution in [1.29, 1.82) is 0 Å². The summed E-state index contributed by atoms with van der Waals surface area (Å²) in [5.74, 6) is 1.44. The summed E-state index contributed by atoms with van der Waals surface area (Å²) in [7, 11) is 0. The van der Waals surface area contributed by atoms with Gasteiger partial charge in [0.1, 0.15) is 13.2 Å². The first-order valence-corrected chi connectivity index (χ1v) is 6.52. The van der Waals surface area contributed by atoms with E-state index in [0.29, 0.717) is 24.5 Å². The van der Waals surface area contributed by atoms with Crippen LogP contribution in [-0.2, 0) is 6.54 Å². The monoisotopic (exact) mass is 272 g/mol. The average molecular weight is 272 g/mol. The minimum atomic E-state index is -0.141. The number of aromatic nitrogens is 1. The second-order valence-electron chi connectivity index (χ2n) is 4.74. The maximum atomic E-state index is 12.0. The molecule has 1 aromatic heterocycles. The number of pyridine rings is 1. The summed E-state index contributed by atoms with van der Waals surface area (Å²) in [6.07, 6.45) is 0. The van der Waals surface area contributed by atoms with Crippen LogP contribution < -0.4 is 20.8 Å².